The average Bonchev–Trinajstić information content (AvgIpc) is 2.37. The van der Waals surface area contributed by atoms with Crippen molar-refractivity contribution in [1.29, 1.82) is 0 Å². The molecule has 0 radical (unpaired) electrons. The number of benzene rings is 1. The second-order valence-corrected chi connectivity index (χ2v) is 8.29. The summed E-state index contributed by atoms with van der Waals surface area (Å²) < 4.78 is 37.9. The summed E-state index contributed by atoms with van der Waals surface area (Å²) in [5.41, 5.74) is 0.763. The molecule has 1 aliphatic rings. The third-order valence-electron chi connectivity index (χ3n) is 3.34. The lowest BCUT2D eigenvalue weighted by Crippen LogP contribution is -2.47. The molecule has 0 spiro atoms. The number of nitrogens with zero attached hydrogens (tertiary/aromatic N) is 1. The molecule has 1 heterocycles. The van der Waals surface area contributed by atoms with E-state index < -0.39 is 27.1 Å². The van der Waals surface area contributed by atoms with Crippen molar-refractivity contribution >= 4 is 27.3 Å². The topological polar surface area (TPSA) is 57.6 Å². The zero-order chi connectivity index (χ0) is 14.9. The van der Waals surface area contributed by atoms with Crippen LogP contribution in [0.25, 0.3) is 0 Å². The van der Waals surface area contributed by atoms with Crippen LogP contribution in [0.4, 0.5) is 10.1 Å². The van der Waals surface area contributed by atoms with Crippen LogP contribution in [0.1, 0.15) is 18.6 Å². The highest BCUT2D eigenvalue weighted by Crippen LogP contribution is 2.30. The average molecular weight is 319 g/mol. The third kappa shape index (κ3) is 3.27. The Labute approximate surface area is 122 Å². The molecule has 0 amide bonds. The summed E-state index contributed by atoms with van der Waals surface area (Å²) in [4.78, 5) is 1.60. The number of rotatable bonds is 3. The second kappa shape index (κ2) is 5.91. The smallest absolute Gasteiger partial charge is 0.169 e. The molecule has 1 unspecified atom stereocenters. The van der Waals surface area contributed by atoms with E-state index in [1.165, 1.54) is 12.3 Å². The van der Waals surface area contributed by atoms with Crippen LogP contribution in [0.3, 0.4) is 0 Å². The maximum absolute atomic E-state index is 14.2. The van der Waals surface area contributed by atoms with Gasteiger partial charge in [-0.1, -0.05) is 6.07 Å². The van der Waals surface area contributed by atoms with Crippen LogP contribution in [0, 0.1) is 5.82 Å². The maximum Gasteiger partial charge on any atom is 0.169 e. The van der Waals surface area contributed by atoms with Crippen LogP contribution in [0.5, 0.6) is 0 Å². The number of halogens is 1. The number of anilines is 1. The lowest BCUT2D eigenvalue weighted by molar-refractivity contribution is 0.199. The molecule has 0 aromatic heterocycles. The first kappa shape index (κ1) is 15.6. The Balaban J connectivity index is 2.38. The van der Waals surface area contributed by atoms with E-state index in [4.69, 9.17) is 0 Å². The minimum Gasteiger partial charge on any atom is -0.389 e. The van der Waals surface area contributed by atoms with Gasteiger partial charge in [0.15, 0.2) is 9.84 Å². The Morgan fingerprint density at radius 3 is 2.75 bits per heavy atom. The van der Waals surface area contributed by atoms with Gasteiger partial charge in [-0.25, -0.2) is 12.8 Å². The van der Waals surface area contributed by atoms with E-state index in [1.54, 1.807) is 35.7 Å². The zero-order valence-corrected chi connectivity index (χ0v) is 13.0. The number of hydrogen-bond donors (Lipinski definition) is 1. The van der Waals surface area contributed by atoms with Gasteiger partial charge in [-0.3, -0.25) is 0 Å². The third-order valence-corrected chi connectivity index (χ3v) is 5.99. The number of aliphatic hydroxyl groups is 1. The van der Waals surface area contributed by atoms with Gasteiger partial charge in [-0.15, -0.1) is 0 Å². The summed E-state index contributed by atoms with van der Waals surface area (Å²) in [5.74, 6) is 0.712. The van der Waals surface area contributed by atoms with Gasteiger partial charge < -0.3 is 10.0 Å². The molecule has 2 rings (SSSR count). The summed E-state index contributed by atoms with van der Waals surface area (Å²) >= 11 is 1.56. The van der Waals surface area contributed by atoms with Gasteiger partial charge in [-0.05, 0) is 24.6 Å². The summed E-state index contributed by atoms with van der Waals surface area (Å²) in [6.07, 6.45) is 0.430. The molecule has 0 bridgehead atoms. The Hall–Kier alpha value is -0.790. The highest BCUT2D eigenvalue weighted by atomic mass is 32.2. The molecule has 7 heteroatoms. The summed E-state index contributed by atoms with van der Waals surface area (Å²) in [7, 11) is -3.28. The Morgan fingerprint density at radius 2 is 2.20 bits per heavy atom. The Morgan fingerprint density at radius 1 is 1.50 bits per heavy atom. The highest BCUT2D eigenvalue weighted by Gasteiger charge is 2.32. The molecule has 1 aromatic rings. The van der Waals surface area contributed by atoms with Crippen molar-refractivity contribution < 1.29 is 17.9 Å². The van der Waals surface area contributed by atoms with Gasteiger partial charge in [0.25, 0.3) is 0 Å². The molecule has 0 aliphatic carbocycles. The normalized spacial score (nSPS) is 21.8. The van der Waals surface area contributed by atoms with Gasteiger partial charge in [0.1, 0.15) is 11.2 Å². The molecule has 20 heavy (non-hydrogen) atoms. The fraction of sp³-hybridized carbons (Fsp3) is 0.538. The highest BCUT2D eigenvalue weighted by molar-refractivity contribution is 8.01. The molecule has 1 fully saturated rings. The summed E-state index contributed by atoms with van der Waals surface area (Å²) in [6, 6.07) is 4.44. The van der Waals surface area contributed by atoms with Crippen LogP contribution in [-0.4, -0.2) is 43.2 Å². The Bertz CT molecular complexity index is 589. The molecule has 1 aromatic carbocycles. The van der Waals surface area contributed by atoms with E-state index in [9.17, 15) is 17.9 Å². The van der Waals surface area contributed by atoms with Crippen LogP contribution >= 0.6 is 11.8 Å². The van der Waals surface area contributed by atoms with Gasteiger partial charge >= 0.3 is 0 Å². The van der Waals surface area contributed by atoms with Gasteiger partial charge in [0.05, 0.1) is 11.8 Å². The van der Waals surface area contributed by atoms with E-state index in [0.29, 0.717) is 17.9 Å². The van der Waals surface area contributed by atoms with Crippen molar-refractivity contribution in [1.82, 2.24) is 0 Å². The summed E-state index contributed by atoms with van der Waals surface area (Å²) in [6.45, 7) is 2.05. The molecule has 0 saturated carbocycles. The second-order valence-electron chi connectivity index (χ2n) is 4.94. The van der Waals surface area contributed by atoms with E-state index >= 15 is 0 Å². The number of aliphatic hydroxyl groups excluding tert-OH is 1. The first-order chi connectivity index (χ1) is 9.30. The standard InChI is InChI=1S/C13H18FNO3S2/c1-9(16)10-3-4-12(11(14)7-10)15-5-6-19-8-13(15)20(2,17)18/h3-4,7,9,13,16H,5-6,8H2,1-2H3/t9-,13?/m0/s1. The van der Waals surface area contributed by atoms with Crippen molar-refractivity contribution in [2.45, 2.75) is 18.4 Å². The van der Waals surface area contributed by atoms with Crippen LogP contribution in [0.2, 0.25) is 0 Å². The monoisotopic (exact) mass is 319 g/mol. The van der Waals surface area contributed by atoms with Crippen LogP contribution in [0.15, 0.2) is 18.2 Å². The molecular formula is C13H18FNO3S2. The van der Waals surface area contributed by atoms with Gasteiger partial charge in [0, 0.05) is 24.3 Å². The van der Waals surface area contributed by atoms with Crippen molar-refractivity contribution in [3.63, 3.8) is 0 Å². The molecule has 4 nitrogen and oxygen atoms in total. The summed E-state index contributed by atoms with van der Waals surface area (Å²) in [5, 5.41) is 8.75. The van der Waals surface area contributed by atoms with Crippen LogP contribution < -0.4 is 4.90 Å². The molecule has 1 aliphatic heterocycles. The lowest BCUT2D eigenvalue weighted by Gasteiger charge is -2.36. The van der Waals surface area contributed by atoms with Crippen molar-refractivity contribution in [2.75, 3.05) is 29.2 Å². The lowest BCUT2D eigenvalue weighted by atomic mass is 10.1. The van der Waals surface area contributed by atoms with E-state index in [-0.39, 0.29) is 5.69 Å². The predicted molar refractivity (Wildman–Crippen MR) is 80.3 cm³/mol. The van der Waals surface area contributed by atoms with Crippen LogP contribution in [-0.2, 0) is 9.84 Å². The fourth-order valence-corrected chi connectivity index (χ4v) is 5.06. The fourth-order valence-electron chi connectivity index (χ4n) is 2.23. The zero-order valence-electron chi connectivity index (χ0n) is 11.4. The molecule has 1 saturated heterocycles. The molecular weight excluding hydrogens is 301 g/mol. The quantitative estimate of drug-likeness (QED) is 0.921. The Kier molecular flexibility index (Phi) is 4.61. The van der Waals surface area contributed by atoms with Gasteiger partial charge in [-0.2, -0.15) is 11.8 Å². The minimum atomic E-state index is -3.28. The number of thioether (sulfide) groups is 1. The van der Waals surface area contributed by atoms with E-state index in [1.807, 2.05) is 0 Å². The largest absolute Gasteiger partial charge is 0.389 e. The number of hydrogen-bond acceptors (Lipinski definition) is 5. The van der Waals surface area contributed by atoms with Crippen molar-refractivity contribution in [2.24, 2.45) is 0 Å². The first-order valence-corrected chi connectivity index (χ1v) is 9.42. The van der Waals surface area contributed by atoms with Crippen molar-refractivity contribution in [3.05, 3.63) is 29.6 Å². The van der Waals surface area contributed by atoms with E-state index in [2.05, 4.69) is 0 Å². The van der Waals surface area contributed by atoms with Gasteiger partial charge in [0.2, 0.25) is 0 Å². The number of sulfone groups is 1. The molecule has 112 valence electrons. The molecule has 1 N–H and O–H groups in total. The minimum absolute atomic E-state index is 0.283. The SMILES string of the molecule is C[C@H](O)c1ccc(N2CCSCC2S(C)(=O)=O)c(F)c1. The van der Waals surface area contributed by atoms with Crippen molar-refractivity contribution in [3.8, 4) is 0 Å². The maximum atomic E-state index is 14.2. The molecule has 2 atom stereocenters. The first-order valence-electron chi connectivity index (χ1n) is 6.31. The predicted octanol–water partition coefficient (Wildman–Crippen LogP) is 1.80. The van der Waals surface area contributed by atoms with E-state index in [0.717, 1.165) is 5.75 Å².